The summed E-state index contributed by atoms with van der Waals surface area (Å²) in [4.78, 5) is 2.26. The van der Waals surface area contributed by atoms with Gasteiger partial charge in [-0.3, -0.25) is 0 Å². The molecule has 0 saturated carbocycles. The van der Waals surface area contributed by atoms with Gasteiger partial charge in [-0.15, -0.1) is 0 Å². The Bertz CT molecular complexity index is 419. The van der Waals surface area contributed by atoms with Crippen LogP contribution >= 0.6 is 0 Å². The lowest BCUT2D eigenvalue weighted by atomic mass is 10.0. The number of hydrogen-bond donors (Lipinski definition) is 1. The van der Waals surface area contributed by atoms with Crippen LogP contribution in [-0.4, -0.2) is 18.6 Å². The van der Waals surface area contributed by atoms with E-state index in [1.165, 1.54) is 6.42 Å². The molecule has 0 aromatic heterocycles. The average molecular weight is 264 g/mol. The van der Waals surface area contributed by atoms with Crippen molar-refractivity contribution in [3.05, 3.63) is 29.6 Å². The molecular formula is C16H25FN2. The van der Waals surface area contributed by atoms with E-state index in [1.54, 1.807) is 12.1 Å². The summed E-state index contributed by atoms with van der Waals surface area (Å²) in [6, 6.07) is 5.99. The summed E-state index contributed by atoms with van der Waals surface area (Å²) in [5.41, 5.74) is 7.91. The summed E-state index contributed by atoms with van der Waals surface area (Å²) < 4.78 is 14.3. The van der Waals surface area contributed by atoms with Crippen molar-refractivity contribution in [3.63, 3.8) is 0 Å². The van der Waals surface area contributed by atoms with Gasteiger partial charge < -0.3 is 10.6 Å². The minimum absolute atomic E-state index is 0.0962. The molecule has 0 aliphatic carbocycles. The quantitative estimate of drug-likeness (QED) is 0.882. The molecule has 0 spiro atoms. The van der Waals surface area contributed by atoms with E-state index in [0.29, 0.717) is 6.04 Å². The van der Waals surface area contributed by atoms with E-state index in [0.717, 1.165) is 43.5 Å². The highest BCUT2D eigenvalue weighted by molar-refractivity contribution is 5.56. The van der Waals surface area contributed by atoms with E-state index >= 15 is 0 Å². The third kappa shape index (κ3) is 3.08. The zero-order valence-electron chi connectivity index (χ0n) is 12.0. The van der Waals surface area contributed by atoms with E-state index in [2.05, 4.69) is 18.7 Å². The van der Waals surface area contributed by atoms with Gasteiger partial charge in [0, 0.05) is 18.6 Å². The topological polar surface area (TPSA) is 29.3 Å². The number of hydrogen-bond acceptors (Lipinski definition) is 2. The standard InChI is InChI=1S/C16H25FN2/c1-3-13(18)11-12-7-5-9-15(17)16(12)19-10-6-8-14(19)4-2/h5,7,9,13-14H,3-4,6,8,10-11,18H2,1-2H3. The molecule has 19 heavy (non-hydrogen) atoms. The number of halogens is 1. The fourth-order valence-electron chi connectivity index (χ4n) is 3.03. The Labute approximate surface area is 115 Å². The molecule has 3 heteroatoms. The first-order valence-electron chi connectivity index (χ1n) is 7.47. The van der Waals surface area contributed by atoms with Crippen molar-refractivity contribution in [3.8, 4) is 0 Å². The van der Waals surface area contributed by atoms with Gasteiger partial charge in [-0.25, -0.2) is 4.39 Å². The summed E-state index contributed by atoms with van der Waals surface area (Å²) in [6.45, 7) is 5.23. The van der Waals surface area contributed by atoms with Crippen LogP contribution in [0.15, 0.2) is 18.2 Å². The van der Waals surface area contributed by atoms with Gasteiger partial charge in [0.2, 0.25) is 0 Å². The minimum Gasteiger partial charge on any atom is -0.366 e. The van der Waals surface area contributed by atoms with Crippen molar-refractivity contribution in [1.29, 1.82) is 0 Å². The van der Waals surface area contributed by atoms with Crippen molar-refractivity contribution < 1.29 is 4.39 Å². The van der Waals surface area contributed by atoms with Crippen LogP contribution in [-0.2, 0) is 6.42 Å². The van der Waals surface area contributed by atoms with E-state index < -0.39 is 0 Å². The third-order valence-electron chi connectivity index (χ3n) is 4.21. The number of benzene rings is 1. The lowest BCUT2D eigenvalue weighted by Crippen LogP contribution is -2.31. The van der Waals surface area contributed by atoms with Gasteiger partial charge in [-0.1, -0.05) is 26.0 Å². The van der Waals surface area contributed by atoms with E-state index in [9.17, 15) is 4.39 Å². The molecule has 0 radical (unpaired) electrons. The van der Waals surface area contributed by atoms with Gasteiger partial charge in [0.15, 0.2) is 0 Å². The zero-order valence-corrected chi connectivity index (χ0v) is 12.0. The third-order valence-corrected chi connectivity index (χ3v) is 4.21. The Kier molecular flexibility index (Phi) is 4.81. The zero-order chi connectivity index (χ0) is 13.8. The Hall–Kier alpha value is -1.09. The van der Waals surface area contributed by atoms with Crippen molar-refractivity contribution in [2.45, 2.75) is 58.0 Å². The summed E-state index contributed by atoms with van der Waals surface area (Å²) in [7, 11) is 0. The second-order valence-corrected chi connectivity index (χ2v) is 5.52. The fourth-order valence-corrected chi connectivity index (χ4v) is 3.03. The molecule has 0 amide bonds. The SMILES string of the molecule is CCC(N)Cc1cccc(F)c1N1CCCC1CC. The maximum absolute atomic E-state index is 14.3. The average Bonchev–Trinajstić information content (AvgIpc) is 2.86. The van der Waals surface area contributed by atoms with Crippen LogP contribution in [0.5, 0.6) is 0 Å². The summed E-state index contributed by atoms with van der Waals surface area (Å²) in [6.07, 6.45) is 5.09. The molecular weight excluding hydrogens is 239 g/mol. The van der Waals surface area contributed by atoms with Crippen molar-refractivity contribution in [2.24, 2.45) is 5.73 Å². The highest BCUT2D eigenvalue weighted by Gasteiger charge is 2.27. The maximum atomic E-state index is 14.3. The van der Waals surface area contributed by atoms with E-state index in [-0.39, 0.29) is 11.9 Å². The number of nitrogens with two attached hydrogens (primary N) is 1. The molecule has 1 fully saturated rings. The molecule has 2 rings (SSSR count). The molecule has 2 nitrogen and oxygen atoms in total. The molecule has 1 heterocycles. The Morgan fingerprint density at radius 2 is 2.21 bits per heavy atom. The second kappa shape index (κ2) is 6.38. The first kappa shape index (κ1) is 14.3. The largest absolute Gasteiger partial charge is 0.366 e. The van der Waals surface area contributed by atoms with Crippen LogP contribution < -0.4 is 10.6 Å². The summed E-state index contributed by atoms with van der Waals surface area (Å²) in [5, 5.41) is 0. The smallest absolute Gasteiger partial charge is 0.146 e. The predicted octanol–water partition coefficient (Wildman–Crippen LogP) is 3.48. The lowest BCUT2D eigenvalue weighted by molar-refractivity contribution is 0.586. The highest BCUT2D eigenvalue weighted by Crippen LogP contribution is 2.33. The van der Waals surface area contributed by atoms with Gasteiger partial charge in [0.25, 0.3) is 0 Å². The van der Waals surface area contributed by atoms with Crippen LogP contribution in [0.3, 0.4) is 0 Å². The Morgan fingerprint density at radius 3 is 2.89 bits per heavy atom. The van der Waals surface area contributed by atoms with E-state index in [1.807, 2.05) is 6.07 Å². The predicted molar refractivity (Wildman–Crippen MR) is 79.0 cm³/mol. The monoisotopic (exact) mass is 264 g/mol. The molecule has 1 aromatic rings. The maximum Gasteiger partial charge on any atom is 0.146 e. The first-order chi connectivity index (χ1) is 9.17. The number of nitrogens with zero attached hydrogens (tertiary/aromatic N) is 1. The molecule has 1 aromatic carbocycles. The van der Waals surface area contributed by atoms with Crippen molar-refractivity contribution in [1.82, 2.24) is 0 Å². The second-order valence-electron chi connectivity index (χ2n) is 5.52. The van der Waals surface area contributed by atoms with Gasteiger partial charge in [0.05, 0.1) is 5.69 Å². The Morgan fingerprint density at radius 1 is 1.42 bits per heavy atom. The van der Waals surface area contributed by atoms with Gasteiger partial charge in [-0.2, -0.15) is 0 Å². The minimum atomic E-state index is -0.0962. The Balaban J connectivity index is 2.32. The normalized spacial score (nSPS) is 20.8. The van der Waals surface area contributed by atoms with Crippen LogP contribution in [0.2, 0.25) is 0 Å². The molecule has 1 aliphatic heterocycles. The summed E-state index contributed by atoms with van der Waals surface area (Å²) >= 11 is 0. The molecule has 2 unspecified atom stereocenters. The number of rotatable bonds is 5. The van der Waals surface area contributed by atoms with Crippen molar-refractivity contribution in [2.75, 3.05) is 11.4 Å². The fraction of sp³-hybridized carbons (Fsp3) is 0.625. The van der Waals surface area contributed by atoms with Gasteiger partial charge in [-0.05, 0) is 43.7 Å². The van der Waals surface area contributed by atoms with Crippen LogP contribution in [0.1, 0.15) is 45.1 Å². The number of para-hydroxylation sites is 1. The van der Waals surface area contributed by atoms with Gasteiger partial charge in [0.1, 0.15) is 5.82 Å². The molecule has 2 atom stereocenters. The molecule has 0 bridgehead atoms. The molecule has 1 aliphatic rings. The van der Waals surface area contributed by atoms with Crippen LogP contribution in [0.25, 0.3) is 0 Å². The summed E-state index contributed by atoms with van der Waals surface area (Å²) in [5.74, 6) is -0.0962. The van der Waals surface area contributed by atoms with Crippen molar-refractivity contribution >= 4 is 5.69 Å². The van der Waals surface area contributed by atoms with E-state index in [4.69, 9.17) is 5.73 Å². The highest BCUT2D eigenvalue weighted by atomic mass is 19.1. The molecule has 2 N–H and O–H groups in total. The molecule has 106 valence electrons. The number of anilines is 1. The molecule has 1 saturated heterocycles. The van der Waals surface area contributed by atoms with Gasteiger partial charge >= 0.3 is 0 Å². The van der Waals surface area contributed by atoms with Crippen LogP contribution in [0.4, 0.5) is 10.1 Å². The van der Waals surface area contributed by atoms with Crippen LogP contribution in [0, 0.1) is 5.82 Å². The lowest BCUT2D eigenvalue weighted by Gasteiger charge is -2.29. The first-order valence-corrected chi connectivity index (χ1v) is 7.47.